The Balaban J connectivity index is 2.74. The van der Waals surface area contributed by atoms with Gasteiger partial charge in [0.1, 0.15) is 6.33 Å². The average Bonchev–Trinajstić information content (AvgIpc) is 2.24. The Morgan fingerprint density at radius 2 is 2.33 bits per heavy atom. The standard InChI is InChI=1S/C9H13ClFN3O/c1-6-8(11)9(13-5-12-6)14-7(3-10)4-15-2/h5,7H,3-4H2,1-2H3,(H,12,13,14). The molecule has 15 heavy (non-hydrogen) atoms. The van der Waals surface area contributed by atoms with Crippen LogP contribution in [0.5, 0.6) is 0 Å². The topological polar surface area (TPSA) is 47.0 Å². The molecule has 0 saturated heterocycles. The summed E-state index contributed by atoms with van der Waals surface area (Å²) in [5.74, 6) is 0.0185. The first kappa shape index (κ1) is 12.1. The third-order valence-corrected chi connectivity index (χ3v) is 2.23. The molecule has 1 N–H and O–H groups in total. The summed E-state index contributed by atoms with van der Waals surface area (Å²) in [7, 11) is 1.56. The van der Waals surface area contributed by atoms with Crippen LogP contribution in [0.2, 0.25) is 0 Å². The van der Waals surface area contributed by atoms with E-state index in [2.05, 4.69) is 15.3 Å². The van der Waals surface area contributed by atoms with E-state index >= 15 is 0 Å². The fraction of sp³-hybridized carbons (Fsp3) is 0.556. The Hall–Kier alpha value is -0.940. The fourth-order valence-corrected chi connectivity index (χ4v) is 1.24. The third kappa shape index (κ3) is 3.28. The van der Waals surface area contributed by atoms with Gasteiger partial charge >= 0.3 is 0 Å². The summed E-state index contributed by atoms with van der Waals surface area (Å²) in [6, 6.07) is -0.166. The number of rotatable bonds is 5. The molecule has 0 aliphatic carbocycles. The third-order valence-electron chi connectivity index (χ3n) is 1.86. The zero-order chi connectivity index (χ0) is 11.3. The number of hydrogen-bond acceptors (Lipinski definition) is 4. The van der Waals surface area contributed by atoms with E-state index in [9.17, 15) is 4.39 Å². The van der Waals surface area contributed by atoms with Crippen LogP contribution < -0.4 is 5.32 Å². The highest BCUT2D eigenvalue weighted by molar-refractivity contribution is 6.18. The zero-order valence-electron chi connectivity index (χ0n) is 8.63. The summed E-state index contributed by atoms with van der Waals surface area (Å²) < 4.78 is 18.4. The molecule has 1 atom stereocenters. The van der Waals surface area contributed by atoms with Gasteiger partial charge in [-0.2, -0.15) is 0 Å². The van der Waals surface area contributed by atoms with Crippen LogP contribution in [-0.2, 0) is 4.74 Å². The number of methoxy groups -OCH3 is 1. The van der Waals surface area contributed by atoms with Crippen molar-refractivity contribution in [1.29, 1.82) is 0 Å². The van der Waals surface area contributed by atoms with Gasteiger partial charge < -0.3 is 10.1 Å². The summed E-state index contributed by atoms with van der Waals surface area (Å²) >= 11 is 5.68. The molecule has 84 valence electrons. The van der Waals surface area contributed by atoms with Gasteiger partial charge in [0.05, 0.1) is 18.3 Å². The van der Waals surface area contributed by atoms with Crippen LogP contribution in [0.1, 0.15) is 5.69 Å². The lowest BCUT2D eigenvalue weighted by molar-refractivity contribution is 0.191. The molecule has 0 aliphatic heterocycles. The second-order valence-corrected chi connectivity index (χ2v) is 3.38. The predicted octanol–water partition coefficient (Wildman–Crippen LogP) is 1.59. The van der Waals surface area contributed by atoms with Gasteiger partial charge in [-0.15, -0.1) is 11.6 Å². The Kier molecular flexibility index (Phi) is 4.71. The van der Waals surface area contributed by atoms with Crippen molar-refractivity contribution in [2.45, 2.75) is 13.0 Å². The second kappa shape index (κ2) is 5.82. The van der Waals surface area contributed by atoms with Crippen LogP contribution in [0.15, 0.2) is 6.33 Å². The average molecular weight is 234 g/mol. The van der Waals surface area contributed by atoms with Gasteiger partial charge in [-0.05, 0) is 6.92 Å². The van der Waals surface area contributed by atoms with E-state index in [0.29, 0.717) is 18.2 Å². The lowest BCUT2D eigenvalue weighted by Gasteiger charge is -2.15. The fourth-order valence-electron chi connectivity index (χ4n) is 1.08. The first-order valence-electron chi connectivity index (χ1n) is 4.47. The number of nitrogens with zero attached hydrogens (tertiary/aromatic N) is 2. The number of aromatic nitrogens is 2. The predicted molar refractivity (Wildman–Crippen MR) is 56.7 cm³/mol. The van der Waals surface area contributed by atoms with Crippen molar-refractivity contribution in [2.24, 2.45) is 0 Å². The summed E-state index contributed by atoms with van der Waals surface area (Å²) in [5.41, 5.74) is 0.304. The van der Waals surface area contributed by atoms with Gasteiger partial charge in [0.2, 0.25) is 0 Å². The van der Waals surface area contributed by atoms with Gasteiger partial charge in [0.25, 0.3) is 0 Å². The molecule has 0 radical (unpaired) electrons. The molecule has 4 nitrogen and oxygen atoms in total. The first-order valence-corrected chi connectivity index (χ1v) is 5.01. The number of hydrogen-bond donors (Lipinski definition) is 1. The highest BCUT2D eigenvalue weighted by Gasteiger charge is 2.12. The summed E-state index contributed by atoms with van der Waals surface area (Å²) in [4.78, 5) is 7.53. The Bertz CT molecular complexity index is 324. The maximum atomic E-state index is 13.5. The molecule has 1 unspecified atom stereocenters. The van der Waals surface area contributed by atoms with E-state index in [1.54, 1.807) is 14.0 Å². The van der Waals surface area contributed by atoms with Crippen molar-refractivity contribution in [3.05, 3.63) is 17.8 Å². The van der Waals surface area contributed by atoms with Crippen LogP contribution in [0.3, 0.4) is 0 Å². The molecule has 0 fully saturated rings. The quantitative estimate of drug-likeness (QED) is 0.785. The lowest BCUT2D eigenvalue weighted by Crippen LogP contribution is -2.27. The number of anilines is 1. The highest BCUT2D eigenvalue weighted by Crippen LogP contribution is 2.13. The smallest absolute Gasteiger partial charge is 0.186 e. The van der Waals surface area contributed by atoms with Crippen LogP contribution >= 0.6 is 11.6 Å². The first-order chi connectivity index (χ1) is 7.19. The number of halogens is 2. The molecule has 0 aromatic carbocycles. The summed E-state index contributed by atoms with van der Waals surface area (Å²) in [6.45, 7) is 1.97. The van der Waals surface area contributed by atoms with Crippen molar-refractivity contribution < 1.29 is 9.13 Å². The van der Waals surface area contributed by atoms with E-state index in [4.69, 9.17) is 16.3 Å². The van der Waals surface area contributed by atoms with Crippen molar-refractivity contribution in [2.75, 3.05) is 24.9 Å². The van der Waals surface area contributed by atoms with Crippen molar-refractivity contribution >= 4 is 17.4 Å². The molecule has 0 bridgehead atoms. The molecular formula is C9H13ClFN3O. The van der Waals surface area contributed by atoms with E-state index in [-0.39, 0.29) is 11.9 Å². The summed E-state index contributed by atoms with van der Waals surface area (Å²) in [6.07, 6.45) is 1.30. The Labute approximate surface area is 92.8 Å². The maximum absolute atomic E-state index is 13.5. The molecule has 0 aliphatic rings. The Morgan fingerprint density at radius 3 is 2.93 bits per heavy atom. The van der Waals surface area contributed by atoms with Crippen LogP contribution in [0.4, 0.5) is 10.2 Å². The minimum atomic E-state index is -0.455. The molecule has 1 heterocycles. The van der Waals surface area contributed by atoms with Crippen molar-refractivity contribution in [1.82, 2.24) is 9.97 Å². The van der Waals surface area contributed by atoms with Crippen molar-refractivity contribution in [3.8, 4) is 0 Å². The largest absolute Gasteiger partial charge is 0.383 e. The monoisotopic (exact) mass is 233 g/mol. The number of nitrogens with one attached hydrogen (secondary N) is 1. The molecule has 0 amide bonds. The van der Waals surface area contributed by atoms with Crippen LogP contribution in [0, 0.1) is 12.7 Å². The molecule has 1 aromatic rings. The van der Waals surface area contributed by atoms with Crippen LogP contribution in [-0.4, -0.2) is 35.6 Å². The number of alkyl halides is 1. The molecule has 0 saturated carbocycles. The van der Waals surface area contributed by atoms with Gasteiger partial charge in [-0.3, -0.25) is 0 Å². The van der Waals surface area contributed by atoms with E-state index < -0.39 is 5.82 Å². The van der Waals surface area contributed by atoms with Crippen molar-refractivity contribution in [3.63, 3.8) is 0 Å². The molecule has 0 spiro atoms. The van der Waals surface area contributed by atoms with E-state index in [1.807, 2.05) is 0 Å². The minimum absolute atomic E-state index is 0.158. The minimum Gasteiger partial charge on any atom is -0.383 e. The molecular weight excluding hydrogens is 221 g/mol. The van der Waals surface area contributed by atoms with E-state index in [1.165, 1.54) is 6.33 Å². The summed E-state index contributed by atoms with van der Waals surface area (Å²) in [5, 5.41) is 2.86. The number of aryl methyl sites for hydroxylation is 1. The van der Waals surface area contributed by atoms with Gasteiger partial charge in [-0.1, -0.05) is 0 Å². The molecule has 6 heteroatoms. The maximum Gasteiger partial charge on any atom is 0.186 e. The van der Waals surface area contributed by atoms with Gasteiger partial charge in [0.15, 0.2) is 11.6 Å². The normalized spacial score (nSPS) is 12.5. The second-order valence-electron chi connectivity index (χ2n) is 3.07. The van der Waals surface area contributed by atoms with Gasteiger partial charge in [-0.25, -0.2) is 14.4 Å². The highest BCUT2D eigenvalue weighted by atomic mass is 35.5. The molecule has 1 aromatic heterocycles. The Morgan fingerprint density at radius 1 is 1.60 bits per heavy atom. The van der Waals surface area contributed by atoms with Crippen LogP contribution in [0.25, 0.3) is 0 Å². The molecule has 1 rings (SSSR count). The van der Waals surface area contributed by atoms with E-state index in [0.717, 1.165) is 0 Å². The number of ether oxygens (including phenoxy) is 1. The van der Waals surface area contributed by atoms with Gasteiger partial charge in [0, 0.05) is 13.0 Å². The lowest BCUT2D eigenvalue weighted by atomic mass is 10.3. The zero-order valence-corrected chi connectivity index (χ0v) is 9.38. The SMILES string of the molecule is COCC(CCl)Nc1ncnc(C)c1F.